The molecule has 152 valence electrons. The van der Waals surface area contributed by atoms with E-state index < -0.39 is 11.2 Å². The summed E-state index contributed by atoms with van der Waals surface area (Å²) >= 11 is 7.17. The SMILES string of the molecule is Cc1ccc(NC(=O)Cn2c(=O)n(-c3ccc(Cl)cc3)c(=O)c3sccc32)cc1C. The molecule has 4 aromatic rings. The summed E-state index contributed by atoms with van der Waals surface area (Å²) in [4.78, 5) is 38.8. The number of anilines is 1. The van der Waals surface area contributed by atoms with Crippen molar-refractivity contribution in [2.24, 2.45) is 0 Å². The molecule has 0 fully saturated rings. The minimum Gasteiger partial charge on any atom is -0.325 e. The van der Waals surface area contributed by atoms with Gasteiger partial charge in [-0.1, -0.05) is 17.7 Å². The van der Waals surface area contributed by atoms with Crippen LogP contribution < -0.4 is 16.6 Å². The lowest BCUT2D eigenvalue weighted by Gasteiger charge is -2.13. The molecular weight excluding hydrogens is 422 g/mol. The molecule has 0 aliphatic rings. The number of aryl methyl sites for hydroxylation is 2. The van der Waals surface area contributed by atoms with E-state index in [-0.39, 0.29) is 12.5 Å². The van der Waals surface area contributed by atoms with Crippen LogP contribution in [0.1, 0.15) is 11.1 Å². The standard InChI is InChI=1S/C22H18ClN3O3S/c1-13-3-6-16(11-14(13)2)24-19(27)12-25-18-9-10-30-20(18)21(28)26(22(25)29)17-7-4-15(23)5-8-17/h3-11H,12H2,1-2H3,(H,24,27). The lowest BCUT2D eigenvalue weighted by Crippen LogP contribution is -2.40. The molecule has 2 heterocycles. The Morgan fingerprint density at radius 2 is 1.77 bits per heavy atom. The van der Waals surface area contributed by atoms with Crippen LogP contribution in [0.25, 0.3) is 15.9 Å². The van der Waals surface area contributed by atoms with Crippen LogP contribution in [0.5, 0.6) is 0 Å². The first-order valence-electron chi connectivity index (χ1n) is 9.21. The number of carbonyl (C=O) groups excluding carboxylic acids is 1. The van der Waals surface area contributed by atoms with Crippen molar-refractivity contribution >= 4 is 44.7 Å². The van der Waals surface area contributed by atoms with Gasteiger partial charge >= 0.3 is 5.69 Å². The normalized spacial score (nSPS) is 11.0. The zero-order valence-corrected chi connectivity index (χ0v) is 17.9. The maximum atomic E-state index is 13.2. The van der Waals surface area contributed by atoms with Crippen molar-refractivity contribution in [1.29, 1.82) is 0 Å². The van der Waals surface area contributed by atoms with Gasteiger partial charge in [-0.25, -0.2) is 9.36 Å². The number of hydrogen-bond donors (Lipinski definition) is 1. The van der Waals surface area contributed by atoms with E-state index in [0.29, 0.717) is 26.6 Å². The van der Waals surface area contributed by atoms with Crippen molar-refractivity contribution in [3.63, 3.8) is 0 Å². The topological polar surface area (TPSA) is 73.1 Å². The number of nitrogens with zero attached hydrogens (tertiary/aromatic N) is 2. The average molecular weight is 440 g/mol. The van der Waals surface area contributed by atoms with E-state index in [1.807, 2.05) is 32.0 Å². The van der Waals surface area contributed by atoms with Crippen LogP contribution >= 0.6 is 22.9 Å². The van der Waals surface area contributed by atoms with Gasteiger partial charge in [0.15, 0.2) is 0 Å². The Morgan fingerprint density at radius 3 is 2.47 bits per heavy atom. The zero-order valence-electron chi connectivity index (χ0n) is 16.3. The number of amides is 1. The predicted octanol–water partition coefficient (Wildman–Crippen LogP) is 4.12. The number of thiophene rings is 1. The third-order valence-electron chi connectivity index (χ3n) is 4.93. The fraction of sp³-hybridized carbons (Fsp3) is 0.136. The summed E-state index contributed by atoms with van der Waals surface area (Å²) in [7, 11) is 0. The molecule has 4 rings (SSSR count). The summed E-state index contributed by atoms with van der Waals surface area (Å²) in [6.07, 6.45) is 0. The second-order valence-electron chi connectivity index (χ2n) is 6.97. The number of hydrogen-bond acceptors (Lipinski definition) is 4. The first-order valence-corrected chi connectivity index (χ1v) is 10.5. The molecule has 6 nitrogen and oxygen atoms in total. The van der Waals surface area contributed by atoms with Gasteiger partial charge in [-0.2, -0.15) is 0 Å². The second-order valence-corrected chi connectivity index (χ2v) is 8.32. The van der Waals surface area contributed by atoms with Gasteiger partial charge in [0.2, 0.25) is 5.91 Å². The summed E-state index contributed by atoms with van der Waals surface area (Å²) in [5.74, 6) is -0.353. The molecule has 0 saturated carbocycles. The molecule has 1 N–H and O–H groups in total. The maximum absolute atomic E-state index is 13.2. The van der Waals surface area contributed by atoms with Gasteiger partial charge in [-0.3, -0.25) is 14.2 Å². The highest BCUT2D eigenvalue weighted by atomic mass is 35.5. The molecular formula is C22H18ClN3O3S. The molecule has 2 aromatic heterocycles. The van der Waals surface area contributed by atoms with Gasteiger partial charge in [0, 0.05) is 10.7 Å². The van der Waals surface area contributed by atoms with Crippen LogP contribution in [0.4, 0.5) is 5.69 Å². The molecule has 0 radical (unpaired) electrons. The fourth-order valence-corrected chi connectivity index (χ4v) is 4.17. The number of halogens is 1. The van der Waals surface area contributed by atoms with E-state index in [4.69, 9.17) is 11.6 Å². The van der Waals surface area contributed by atoms with Crippen molar-refractivity contribution < 1.29 is 4.79 Å². The first-order chi connectivity index (χ1) is 14.3. The Labute approximate surface area is 181 Å². The number of benzene rings is 2. The third-order valence-corrected chi connectivity index (χ3v) is 6.08. The molecule has 0 bridgehead atoms. The fourth-order valence-electron chi connectivity index (χ4n) is 3.22. The Bertz CT molecular complexity index is 1380. The summed E-state index contributed by atoms with van der Waals surface area (Å²) in [5.41, 5.74) is 2.68. The van der Waals surface area contributed by atoms with Gasteiger partial charge in [-0.15, -0.1) is 11.3 Å². The van der Waals surface area contributed by atoms with Crippen LogP contribution in [0.3, 0.4) is 0 Å². The van der Waals surface area contributed by atoms with Gasteiger partial charge in [-0.05, 0) is 72.8 Å². The van der Waals surface area contributed by atoms with Crippen molar-refractivity contribution in [2.75, 3.05) is 5.32 Å². The molecule has 2 aromatic carbocycles. The van der Waals surface area contributed by atoms with Crippen molar-refractivity contribution in [3.8, 4) is 5.69 Å². The van der Waals surface area contributed by atoms with E-state index in [1.165, 1.54) is 15.9 Å². The molecule has 0 aliphatic carbocycles. The highest BCUT2D eigenvalue weighted by Gasteiger charge is 2.17. The number of fused-ring (bicyclic) bond motifs is 1. The lowest BCUT2D eigenvalue weighted by atomic mass is 10.1. The second kappa shape index (κ2) is 7.93. The monoisotopic (exact) mass is 439 g/mol. The number of carbonyl (C=O) groups is 1. The van der Waals surface area contributed by atoms with Crippen molar-refractivity contribution in [2.45, 2.75) is 20.4 Å². The highest BCUT2D eigenvalue weighted by Crippen LogP contribution is 2.18. The van der Waals surface area contributed by atoms with E-state index in [0.717, 1.165) is 15.7 Å². The Hall–Kier alpha value is -3.16. The van der Waals surface area contributed by atoms with Crippen LogP contribution in [0.2, 0.25) is 5.02 Å². The van der Waals surface area contributed by atoms with Gasteiger partial charge in [0.1, 0.15) is 11.2 Å². The molecule has 0 atom stereocenters. The maximum Gasteiger partial charge on any atom is 0.336 e. The van der Waals surface area contributed by atoms with Crippen LogP contribution in [0, 0.1) is 13.8 Å². The number of aromatic nitrogens is 2. The van der Waals surface area contributed by atoms with E-state index in [1.54, 1.807) is 35.7 Å². The van der Waals surface area contributed by atoms with E-state index >= 15 is 0 Å². The van der Waals surface area contributed by atoms with Crippen molar-refractivity contribution in [1.82, 2.24) is 9.13 Å². The molecule has 0 saturated heterocycles. The summed E-state index contributed by atoms with van der Waals surface area (Å²) < 4.78 is 2.79. The van der Waals surface area contributed by atoms with Gasteiger partial charge in [0.05, 0.1) is 11.2 Å². The number of nitrogens with one attached hydrogen (secondary N) is 1. The Balaban J connectivity index is 1.76. The number of rotatable bonds is 4. The Kier molecular flexibility index (Phi) is 5.32. The molecule has 0 unspecified atom stereocenters. The highest BCUT2D eigenvalue weighted by molar-refractivity contribution is 7.17. The van der Waals surface area contributed by atoms with Crippen LogP contribution in [0.15, 0.2) is 63.5 Å². The predicted molar refractivity (Wildman–Crippen MR) is 121 cm³/mol. The largest absolute Gasteiger partial charge is 0.336 e. The smallest absolute Gasteiger partial charge is 0.325 e. The first kappa shape index (κ1) is 20.1. The molecule has 0 aliphatic heterocycles. The summed E-state index contributed by atoms with van der Waals surface area (Å²) in [5, 5.41) is 5.05. The van der Waals surface area contributed by atoms with Crippen molar-refractivity contribution in [3.05, 3.63) is 90.9 Å². The quantitative estimate of drug-likeness (QED) is 0.519. The Morgan fingerprint density at radius 1 is 1.03 bits per heavy atom. The molecule has 30 heavy (non-hydrogen) atoms. The zero-order chi connectivity index (χ0) is 21.4. The average Bonchev–Trinajstić information content (AvgIpc) is 3.20. The van der Waals surface area contributed by atoms with Gasteiger partial charge in [0.25, 0.3) is 5.56 Å². The summed E-state index contributed by atoms with van der Waals surface area (Å²) in [6.45, 7) is 3.74. The molecule has 8 heteroatoms. The summed E-state index contributed by atoms with van der Waals surface area (Å²) in [6, 6.07) is 13.7. The van der Waals surface area contributed by atoms with Gasteiger partial charge < -0.3 is 5.32 Å². The van der Waals surface area contributed by atoms with Crippen LogP contribution in [-0.4, -0.2) is 15.0 Å². The molecule has 1 amide bonds. The third kappa shape index (κ3) is 3.69. The molecule has 0 spiro atoms. The minimum absolute atomic E-state index is 0.215. The van der Waals surface area contributed by atoms with Crippen LogP contribution in [-0.2, 0) is 11.3 Å². The van der Waals surface area contributed by atoms with E-state index in [9.17, 15) is 14.4 Å². The lowest BCUT2D eigenvalue weighted by molar-refractivity contribution is -0.116. The van der Waals surface area contributed by atoms with E-state index in [2.05, 4.69) is 5.32 Å². The minimum atomic E-state index is -0.580.